The number of rotatable bonds is 3. The molecule has 1 aliphatic rings. The highest BCUT2D eigenvalue weighted by Crippen LogP contribution is 2.43. The Hall–Kier alpha value is -0.100. The molecule has 1 aliphatic heterocycles. The van der Waals surface area contributed by atoms with Gasteiger partial charge in [0.05, 0.1) is 11.9 Å². The lowest BCUT2D eigenvalue weighted by molar-refractivity contribution is -0.157. The fourth-order valence-electron chi connectivity index (χ4n) is 2.43. The molecule has 2 atom stereocenters. The summed E-state index contributed by atoms with van der Waals surface area (Å²) in [5.74, 6) is -0.811. The minimum Gasteiger partial charge on any atom is -0.342 e. The predicted octanol–water partition coefficient (Wildman–Crippen LogP) is 6.09. The summed E-state index contributed by atoms with van der Waals surface area (Å²) < 4.78 is 13.2. The van der Waals surface area contributed by atoms with E-state index in [1.165, 1.54) is 0 Å². The molecule has 0 bridgehead atoms. The Balaban J connectivity index is 1.89. The average Bonchev–Trinajstić information content (AvgIpc) is 2.93. The highest BCUT2D eigenvalue weighted by molar-refractivity contribution is 9.10. The molecule has 2 nitrogen and oxygen atoms in total. The first-order valence-electron chi connectivity index (χ1n) is 6.63. The van der Waals surface area contributed by atoms with Crippen molar-refractivity contribution in [2.24, 2.45) is 0 Å². The quantitative estimate of drug-likeness (QED) is 0.509. The molecule has 0 unspecified atom stereocenters. The van der Waals surface area contributed by atoms with Crippen LogP contribution < -0.4 is 0 Å². The van der Waals surface area contributed by atoms with Crippen LogP contribution in [0.15, 0.2) is 46.9 Å². The molecule has 1 fully saturated rings. The van der Waals surface area contributed by atoms with Gasteiger partial charge < -0.3 is 9.47 Å². The predicted molar refractivity (Wildman–Crippen MR) is 95.9 cm³/mol. The van der Waals surface area contributed by atoms with E-state index in [9.17, 15) is 0 Å². The lowest BCUT2D eigenvalue weighted by Gasteiger charge is -2.26. The molecular formula is C16H12Br2Cl2O2. The maximum atomic E-state index is 6.27. The lowest BCUT2D eigenvalue weighted by atomic mass is 10.1. The van der Waals surface area contributed by atoms with E-state index < -0.39 is 5.79 Å². The molecule has 2 aromatic carbocycles. The number of hydrogen-bond donors (Lipinski definition) is 0. The second-order valence-electron chi connectivity index (χ2n) is 4.98. The first-order chi connectivity index (χ1) is 10.5. The minimum absolute atomic E-state index is 0.231. The van der Waals surface area contributed by atoms with Gasteiger partial charge in [0.2, 0.25) is 5.79 Å². The minimum atomic E-state index is -0.811. The first kappa shape index (κ1) is 16.7. The summed E-state index contributed by atoms with van der Waals surface area (Å²) in [6.45, 7) is 0.434. The van der Waals surface area contributed by atoms with E-state index in [0.29, 0.717) is 22.0 Å². The largest absolute Gasteiger partial charge is 0.342 e. The van der Waals surface area contributed by atoms with Gasteiger partial charge in [-0.3, -0.25) is 0 Å². The third-order valence-corrected chi connectivity index (χ3v) is 5.40. The second-order valence-corrected chi connectivity index (χ2v) is 7.30. The van der Waals surface area contributed by atoms with Crippen LogP contribution in [0.4, 0.5) is 0 Å². The topological polar surface area (TPSA) is 18.5 Å². The van der Waals surface area contributed by atoms with Crippen LogP contribution in [-0.4, -0.2) is 11.9 Å². The first-order valence-corrected chi connectivity index (χ1v) is 9.30. The molecule has 6 heteroatoms. The Morgan fingerprint density at radius 2 is 1.86 bits per heavy atom. The van der Waals surface area contributed by atoms with E-state index in [1.807, 2.05) is 30.3 Å². The van der Waals surface area contributed by atoms with Crippen LogP contribution in [-0.2, 0) is 15.3 Å². The Kier molecular flexibility index (Phi) is 5.17. The normalized spacial score (nSPS) is 24.6. The van der Waals surface area contributed by atoms with Gasteiger partial charge in [0.15, 0.2) is 0 Å². The van der Waals surface area contributed by atoms with Crippen molar-refractivity contribution in [1.29, 1.82) is 0 Å². The van der Waals surface area contributed by atoms with Crippen LogP contribution in [0.1, 0.15) is 17.2 Å². The summed E-state index contributed by atoms with van der Waals surface area (Å²) in [7, 11) is 0. The monoisotopic (exact) mass is 464 g/mol. The van der Waals surface area contributed by atoms with Crippen molar-refractivity contribution >= 4 is 55.1 Å². The molecule has 3 rings (SSSR count). The van der Waals surface area contributed by atoms with Crippen molar-refractivity contribution in [3.05, 3.63) is 68.1 Å². The molecule has 1 saturated heterocycles. The fourth-order valence-corrected chi connectivity index (χ4v) is 3.84. The van der Waals surface area contributed by atoms with E-state index >= 15 is 0 Å². The molecule has 0 spiro atoms. The van der Waals surface area contributed by atoms with Gasteiger partial charge in [-0.2, -0.15) is 0 Å². The number of ether oxygens (including phenoxy) is 2. The van der Waals surface area contributed by atoms with Crippen molar-refractivity contribution in [3.8, 4) is 0 Å². The maximum absolute atomic E-state index is 6.27. The standard InChI is InChI=1S/C16H12Br2Cl2O2/c17-9-16(10-1-3-11(18)4-2-10)21-8-15(22-16)13-6-5-12(19)7-14(13)20/h1-7,15H,8-9H2/t15-,16+/m0/s1. The molecule has 22 heavy (non-hydrogen) atoms. The van der Waals surface area contributed by atoms with Crippen molar-refractivity contribution in [2.75, 3.05) is 11.9 Å². The summed E-state index contributed by atoms with van der Waals surface area (Å²) >= 11 is 19.2. The molecule has 0 saturated carbocycles. The number of halogens is 4. The molecular weight excluding hydrogens is 455 g/mol. The Morgan fingerprint density at radius 3 is 2.50 bits per heavy atom. The van der Waals surface area contributed by atoms with Crippen LogP contribution in [0.5, 0.6) is 0 Å². The summed E-state index contributed by atoms with van der Waals surface area (Å²) in [5.41, 5.74) is 1.84. The van der Waals surface area contributed by atoms with Gasteiger partial charge in [0.1, 0.15) is 6.10 Å². The molecule has 0 amide bonds. The molecule has 116 valence electrons. The van der Waals surface area contributed by atoms with Gasteiger partial charge in [-0.15, -0.1) is 0 Å². The van der Waals surface area contributed by atoms with Crippen LogP contribution in [0.25, 0.3) is 0 Å². The number of alkyl halides is 1. The molecule has 0 aromatic heterocycles. The SMILES string of the molecule is Clc1ccc([C@@H]2CO[C@@](CBr)(c3ccc(Br)cc3)O2)c(Cl)c1. The second kappa shape index (κ2) is 6.80. The zero-order chi connectivity index (χ0) is 15.7. The number of benzene rings is 2. The summed E-state index contributed by atoms with van der Waals surface area (Å²) in [5, 5.41) is 1.72. The van der Waals surface area contributed by atoms with E-state index in [-0.39, 0.29) is 6.10 Å². The van der Waals surface area contributed by atoms with Gasteiger partial charge in [0.25, 0.3) is 0 Å². The van der Waals surface area contributed by atoms with Gasteiger partial charge in [-0.1, -0.05) is 73.3 Å². The van der Waals surface area contributed by atoms with Gasteiger partial charge in [-0.25, -0.2) is 0 Å². The fraction of sp³-hybridized carbons (Fsp3) is 0.250. The van der Waals surface area contributed by atoms with Crippen molar-refractivity contribution in [1.82, 2.24) is 0 Å². The third kappa shape index (κ3) is 3.23. The van der Waals surface area contributed by atoms with E-state index in [0.717, 1.165) is 15.6 Å². The number of hydrogen-bond acceptors (Lipinski definition) is 2. The molecule has 0 aliphatic carbocycles. The van der Waals surface area contributed by atoms with Gasteiger partial charge in [0, 0.05) is 25.6 Å². The Labute approximate surface area is 156 Å². The molecule has 0 radical (unpaired) electrons. The summed E-state index contributed by atoms with van der Waals surface area (Å²) in [6.07, 6.45) is -0.231. The van der Waals surface area contributed by atoms with Crippen molar-refractivity contribution < 1.29 is 9.47 Å². The van der Waals surface area contributed by atoms with E-state index in [4.69, 9.17) is 32.7 Å². The highest BCUT2D eigenvalue weighted by Gasteiger charge is 2.43. The van der Waals surface area contributed by atoms with Crippen molar-refractivity contribution in [2.45, 2.75) is 11.9 Å². The van der Waals surface area contributed by atoms with Gasteiger partial charge >= 0.3 is 0 Å². The molecule has 1 heterocycles. The summed E-state index contributed by atoms with van der Waals surface area (Å²) in [6, 6.07) is 13.3. The Bertz CT molecular complexity index is 678. The van der Waals surface area contributed by atoms with Crippen LogP contribution in [0, 0.1) is 0 Å². The highest BCUT2D eigenvalue weighted by atomic mass is 79.9. The molecule has 2 aromatic rings. The van der Waals surface area contributed by atoms with Gasteiger partial charge in [-0.05, 0) is 24.3 Å². The zero-order valence-electron chi connectivity index (χ0n) is 11.4. The van der Waals surface area contributed by atoms with Crippen molar-refractivity contribution in [3.63, 3.8) is 0 Å². The maximum Gasteiger partial charge on any atom is 0.205 e. The summed E-state index contributed by atoms with van der Waals surface area (Å²) in [4.78, 5) is 0. The zero-order valence-corrected chi connectivity index (χ0v) is 16.0. The Morgan fingerprint density at radius 1 is 1.14 bits per heavy atom. The molecule has 0 N–H and O–H groups in total. The lowest BCUT2D eigenvalue weighted by Crippen LogP contribution is -2.29. The van der Waals surface area contributed by atoms with Crippen LogP contribution in [0.3, 0.4) is 0 Å². The van der Waals surface area contributed by atoms with Crippen LogP contribution in [0.2, 0.25) is 10.0 Å². The smallest absolute Gasteiger partial charge is 0.205 e. The third-order valence-electron chi connectivity index (χ3n) is 3.57. The average molecular weight is 467 g/mol. The van der Waals surface area contributed by atoms with Crippen LogP contribution >= 0.6 is 55.1 Å². The van der Waals surface area contributed by atoms with E-state index in [1.54, 1.807) is 12.1 Å². The van der Waals surface area contributed by atoms with E-state index in [2.05, 4.69) is 31.9 Å².